The zero-order valence-electron chi connectivity index (χ0n) is 10.3. The molecule has 0 bridgehead atoms. The predicted molar refractivity (Wildman–Crippen MR) is 91.1 cm³/mol. The summed E-state index contributed by atoms with van der Waals surface area (Å²) in [5.41, 5.74) is 6.63. The highest BCUT2D eigenvalue weighted by atomic mass is 79.9. The van der Waals surface area contributed by atoms with Crippen LogP contribution in [-0.2, 0) is 6.42 Å². The maximum atomic E-state index is 6.17. The third-order valence-electron chi connectivity index (χ3n) is 2.64. The minimum absolute atomic E-state index is 0.486. The number of rotatable bonds is 4. The lowest BCUT2D eigenvalue weighted by Crippen LogP contribution is -2.04. The van der Waals surface area contributed by atoms with Crippen LogP contribution in [0, 0.1) is 0 Å². The molecule has 0 aliphatic heterocycles. The molecule has 2 aromatic carbocycles. The molecule has 2 aromatic rings. The molecule has 0 spiro atoms. The Balaban J connectivity index is 2.38. The summed E-state index contributed by atoms with van der Waals surface area (Å²) in [5.74, 6) is 1.22. The van der Waals surface area contributed by atoms with Crippen LogP contribution in [0.3, 0.4) is 0 Å². The molecule has 20 heavy (non-hydrogen) atoms. The van der Waals surface area contributed by atoms with E-state index in [9.17, 15) is 0 Å². The molecule has 0 aliphatic rings. The van der Waals surface area contributed by atoms with Crippen LogP contribution < -0.4 is 10.5 Å². The third-order valence-corrected chi connectivity index (χ3v) is 4.62. The standard InChI is InChI=1S/C14H11Br2Cl2NO/c15-9-2-1-8(3-4-19)13(5-9)20-14-7-11(17)10(16)6-12(14)18/h1-2,5-7H,3-4,19H2. The van der Waals surface area contributed by atoms with Gasteiger partial charge in [-0.2, -0.15) is 0 Å². The molecule has 0 atom stereocenters. The van der Waals surface area contributed by atoms with Crippen LogP contribution in [0.2, 0.25) is 10.0 Å². The van der Waals surface area contributed by atoms with E-state index in [0.717, 1.165) is 20.9 Å². The summed E-state index contributed by atoms with van der Waals surface area (Å²) < 4.78 is 7.54. The smallest absolute Gasteiger partial charge is 0.147 e. The topological polar surface area (TPSA) is 35.2 Å². The predicted octanol–water partition coefficient (Wildman–Crippen LogP) is 5.81. The minimum atomic E-state index is 0.486. The largest absolute Gasteiger partial charge is 0.455 e. The highest BCUT2D eigenvalue weighted by molar-refractivity contribution is 9.10. The summed E-state index contributed by atoms with van der Waals surface area (Å²) in [7, 11) is 0. The fourth-order valence-corrected chi connectivity index (χ4v) is 2.86. The molecular formula is C14H11Br2Cl2NO. The molecular weight excluding hydrogens is 429 g/mol. The number of nitrogens with two attached hydrogens (primary N) is 1. The maximum Gasteiger partial charge on any atom is 0.147 e. The van der Waals surface area contributed by atoms with E-state index in [1.807, 2.05) is 18.2 Å². The second kappa shape index (κ2) is 7.14. The van der Waals surface area contributed by atoms with Crippen molar-refractivity contribution in [1.29, 1.82) is 0 Å². The molecule has 6 heteroatoms. The lowest BCUT2D eigenvalue weighted by molar-refractivity contribution is 0.476. The molecule has 0 saturated carbocycles. The van der Waals surface area contributed by atoms with Crippen LogP contribution in [0.5, 0.6) is 11.5 Å². The van der Waals surface area contributed by atoms with Gasteiger partial charge in [0.15, 0.2) is 0 Å². The van der Waals surface area contributed by atoms with E-state index in [2.05, 4.69) is 31.9 Å². The van der Waals surface area contributed by atoms with E-state index >= 15 is 0 Å². The Kier molecular flexibility index (Phi) is 5.75. The van der Waals surface area contributed by atoms with Crippen LogP contribution in [0.1, 0.15) is 5.56 Å². The van der Waals surface area contributed by atoms with Gasteiger partial charge in [-0.15, -0.1) is 0 Å². The Morgan fingerprint density at radius 3 is 2.45 bits per heavy atom. The van der Waals surface area contributed by atoms with Crippen molar-refractivity contribution < 1.29 is 4.74 Å². The van der Waals surface area contributed by atoms with Gasteiger partial charge in [-0.05, 0) is 52.7 Å². The van der Waals surface area contributed by atoms with Crippen LogP contribution in [0.25, 0.3) is 0 Å². The minimum Gasteiger partial charge on any atom is -0.455 e. The zero-order valence-corrected chi connectivity index (χ0v) is 15.0. The zero-order chi connectivity index (χ0) is 14.7. The van der Waals surface area contributed by atoms with Crippen molar-refractivity contribution in [2.75, 3.05) is 6.54 Å². The van der Waals surface area contributed by atoms with Crippen molar-refractivity contribution in [2.45, 2.75) is 6.42 Å². The first-order valence-electron chi connectivity index (χ1n) is 5.82. The Morgan fingerprint density at radius 2 is 1.75 bits per heavy atom. The first kappa shape index (κ1) is 16.1. The molecule has 2 rings (SSSR count). The molecule has 0 saturated heterocycles. The summed E-state index contributed by atoms with van der Waals surface area (Å²) in [6.45, 7) is 0.548. The summed E-state index contributed by atoms with van der Waals surface area (Å²) in [6.07, 6.45) is 0.727. The van der Waals surface area contributed by atoms with Crippen LogP contribution in [0.15, 0.2) is 39.3 Å². The van der Waals surface area contributed by atoms with Gasteiger partial charge in [-0.1, -0.05) is 45.2 Å². The average Bonchev–Trinajstić information content (AvgIpc) is 2.39. The van der Waals surface area contributed by atoms with Crippen LogP contribution in [-0.4, -0.2) is 6.54 Å². The van der Waals surface area contributed by atoms with E-state index in [-0.39, 0.29) is 0 Å². The van der Waals surface area contributed by atoms with E-state index in [4.69, 9.17) is 33.7 Å². The van der Waals surface area contributed by atoms with Crippen LogP contribution in [0.4, 0.5) is 0 Å². The maximum absolute atomic E-state index is 6.17. The summed E-state index contributed by atoms with van der Waals surface area (Å²) >= 11 is 19.0. The normalized spacial score (nSPS) is 10.7. The Morgan fingerprint density at radius 1 is 1.00 bits per heavy atom. The van der Waals surface area contributed by atoms with Gasteiger partial charge in [0.05, 0.1) is 10.0 Å². The van der Waals surface area contributed by atoms with Crippen molar-refractivity contribution in [3.8, 4) is 11.5 Å². The lowest BCUT2D eigenvalue weighted by atomic mass is 10.1. The van der Waals surface area contributed by atoms with E-state index in [1.54, 1.807) is 12.1 Å². The second-order valence-electron chi connectivity index (χ2n) is 4.09. The molecule has 106 valence electrons. The molecule has 0 fully saturated rings. The number of hydrogen-bond acceptors (Lipinski definition) is 2. The van der Waals surface area contributed by atoms with Crippen LogP contribution >= 0.6 is 55.1 Å². The monoisotopic (exact) mass is 437 g/mol. The Labute approximate surface area is 144 Å². The molecule has 2 N–H and O–H groups in total. The average molecular weight is 440 g/mol. The van der Waals surface area contributed by atoms with E-state index in [0.29, 0.717) is 28.1 Å². The summed E-state index contributed by atoms with van der Waals surface area (Å²) in [5, 5.41) is 1.03. The number of hydrogen-bond donors (Lipinski definition) is 1. The number of benzene rings is 2. The van der Waals surface area contributed by atoms with Gasteiger partial charge in [-0.25, -0.2) is 0 Å². The molecule has 2 nitrogen and oxygen atoms in total. The van der Waals surface area contributed by atoms with Gasteiger partial charge in [0.25, 0.3) is 0 Å². The van der Waals surface area contributed by atoms with Crippen molar-refractivity contribution in [3.05, 3.63) is 54.9 Å². The number of ether oxygens (including phenoxy) is 1. The highest BCUT2D eigenvalue weighted by Gasteiger charge is 2.11. The fourth-order valence-electron chi connectivity index (χ4n) is 1.69. The molecule has 0 aliphatic carbocycles. The SMILES string of the molecule is NCCc1ccc(Br)cc1Oc1cc(Cl)c(Br)cc1Cl. The van der Waals surface area contributed by atoms with E-state index < -0.39 is 0 Å². The van der Waals surface area contributed by atoms with Gasteiger partial charge in [0.1, 0.15) is 11.5 Å². The first-order valence-corrected chi connectivity index (χ1v) is 8.16. The molecule has 0 unspecified atom stereocenters. The number of halogens is 4. The first-order chi connectivity index (χ1) is 9.51. The Hall–Kier alpha value is -0.260. The van der Waals surface area contributed by atoms with Crippen molar-refractivity contribution >= 4 is 55.1 Å². The van der Waals surface area contributed by atoms with Crippen molar-refractivity contribution in [1.82, 2.24) is 0 Å². The van der Waals surface area contributed by atoms with Crippen molar-refractivity contribution in [2.24, 2.45) is 5.73 Å². The third kappa shape index (κ3) is 3.89. The Bertz CT molecular complexity index is 635. The summed E-state index contributed by atoms with van der Waals surface area (Å²) in [6, 6.07) is 9.20. The van der Waals surface area contributed by atoms with Gasteiger partial charge >= 0.3 is 0 Å². The molecule has 0 heterocycles. The van der Waals surface area contributed by atoms with Crippen molar-refractivity contribution in [3.63, 3.8) is 0 Å². The second-order valence-corrected chi connectivity index (χ2v) is 6.67. The van der Waals surface area contributed by atoms with Gasteiger partial charge in [-0.3, -0.25) is 0 Å². The lowest BCUT2D eigenvalue weighted by Gasteiger charge is -2.13. The van der Waals surface area contributed by atoms with Gasteiger partial charge in [0, 0.05) is 15.0 Å². The summed E-state index contributed by atoms with van der Waals surface area (Å²) in [4.78, 5) is 0. The van der Waals surface area contributed by atoms with E-state index in [1.165, 1.54) is 0 Å². The molecule has 0 amide bonds. The fraction of sp³-hybridized carbons (Fsp3) is 0.143. The molecule has 0 radical (unpaired) electrons. The molecule has 0 aromatic heterocycles. The quantitative estimate of drug-likeness (QED) is 0.610. The van der Waals surface area contributed by atoms with Gasteiger partial charge < -0.3 is 10.5 Å². The van der Waals surface area contributed by atoms with Gasteiger partial charge in [0.2, 0.25) is 0 Å². The highest BCUT2D eigenvalue weighted by Crippen LogP contribution is 2.38.